The number of carbonyl (C=O) groups excluding carboxylic acids is 1. The fourth-order valence-corrected chi connectivity index (χ4v) is 8.43. The number of methoxy groups -OCH3 is 1. The van der Waals surface area contributed by atoms with Gasteiger partial charge in [0.1, 0.15) is 11.5 Å². The van der Waals surface area contributed by atoms with Gasteiger partial charge in [-0.2, -0.15) is 18.3 Å². The fraction of sp³-hybridized carbons (Fsp3) is 0.342. The number of halogens is 4. The predicted octanol–water partition coefficient (Wildman–Crippen LogP) is 7.13. The molecule has 268 valence electrons. The van der Waals surface area contributed by atoms with Crippen LogP contribution in [0.25, 0.3) is 33.2 Å². The van der Waals surface area contributed by atoms with E-state index in [0.717, 1.165) is 66.2 Å². The monoisotopic (exact) mass is 729 g/mol. The number of hydrogen-bond acceptors (Lipinski definition) is 8. The maximum absolute atomic E-state index is 13.8. The molecule has 52 heavy (non-hydrogen) atoms. The minimum Gasteiger partial charge on any atom is -0.481 e. The summed E-state index contributed by atoms with van der Waals surface area (Å²) >= 11 is 7.18. The number of alkyl halides is 3. The van der Waals surface area contributed by atoms with Crippen LogP contribution in [0, 0.1) is 6.92 Å². The topological polar surface area (TPSA) is 114 Å². The Balaban J connectivity index is 1.14. The highest BCUT2D eigenvalue weighted by Gasteiger charge is 2.46. The molecular formula is C38H35ClF3N7O3. The van der Waals surface area contributed by atoms with Crippen LogP contribution in [0.1, 0.15) is 54.1 Å². The Bertz CT molecular complexity index is 2350. The molecule has 3 aromatic heterocycles. The molecule has 0 radical (unpaired) electrons. The average molecular weight is 730 g/mol. The molecule has 14 heteroatoms. The van der Waals surface area contributed by atoms with Crippen molar-refractivity contribution in [1.29, 1.82) is 0 Å². The first-order valence-corrected chi connectivity index (χ1v) is 17.5. The number of carbonyl (C=O) groups is 1. The summed E-state index contributed by atoms with van der Waals surface area (Å²) in [6.07, 6.45) is 0.619. The molecule has 0 saturated carbocycles. The highest BCUT2D eigenvalue weighted by atomic mass is 35.5. The summed E-state index contributed by atoms with van der Waals surface area (Å²) < 4.78 is 48.5. The van der Waals surface area contributed by atoms with Gasteiger partial charge in [0.15, 0.2) is 0 Å². The van der Waals surface area contributed by atoms with E-state index in [1.165, 1.54) is 13.2 Å². The molecule has 0 unspecified atom stereocenters. The zero-order valence-corrected chi connectivity index (χ0v) is 29.5. The third-order valence-corrected chi connectivity index (χ3v) is 11.2. The third-order valence-electron chi connectivity index (χ3n) is 10.8. The van der Waals surface area contributed by atoms with Crippen molar-refractivity contribution in [1.82, 2.24) is 30.0 Å². The zero-order valence-electron chi connectivity index (χ0n) is 28.7. The summed E-state index contributed by atoms with van der Waals surface area (Å²) in [4.78, 5) is 36.3. The van der Waals surface area contributed by atoms with E-state index in [9.17, 15) is 22.8 Å². The number of aryl methyl sites for hydroxylation is 2. The van der Waals surface area contributed by atoms with Crippen LogP contribution in [-0.4, -0.2) is 56.3 Å². The summed E-state index contributed by atoms with van der Waals surface area (Å²) in [7, 11) is 3.05. The summed E-state index contributed by atoms with van der Waals surface area (Å²) in [5, 5.41) is 10.6. The van der Waals surface area contributed by atoms with Gasteiger partial charge in [-0.25, -0.2) is 14.6 Å². The fourth-order valence-electron chi connectivity index (χ4n) is 8.11. The number of pyridine rings is 2. The second-order valence-corrected chi connectivity index (χ2v) is 14.2. The highest BCUT2D eigenvalue weighted by molar-refractivity contribution is 6.36. The van der Waals surface area contributed by atoms with Crippen LogP contribution < -0.4 is 20.9 Å². The maximum atomic E-state index is 13.8. The molecule has 1 aliphatic carbocycles. The number of hydrogen-bond donors (Lipinski definition) is 2. The molecule has 2 atom stereocenters. The second kappa shape index (κ2) is 12.6. The molecule has 8 rings (SSSR count). The molecule has 0 bridgehead atoms. The van der Waals surface area contributed by atoms with Crippen molar-refractivity contribution in [2.75, 3.05) is 25.5 Å². The number of benzene rings is 2. The van der Waals surface area contributed by atoms with Crippen molar-refractivity contribution in [3.8, 4) is 28.3 Å². The van der Waals surface area contributed by atoms with Gasteiger partial charge in [-0.1, -0.05) is 41.9 Å². The lowest BCUT2D eigenvalue weighted by Crippen LogP contribution is -2.44. The standard InChI is InChI=1S/C38H35ClF3N7O3/c1-20-23(6-5-9-26(20)44-34-32-22(18-43-48(2)36(32)51)17-29(46-34)38(40,41)42)24-7-4-8-25(33(24)39)27-16-21-10-11-28(31(21)35(45-27)52-3)49-15-14-37(19-49)13-12-30(50)47-37/h4-9,16-18,28H,10-15,19H2,1-3H3,(H,44,46)(H,47,50)/t28-,37+/m1/s1. The molecule has 2 fully saturated rings. The van der Waals surface area contributed by atoms with Crippen molar-refractivity contribution in [3.05, 3.63) is 92.5 Å². The number of rotatable bonds is 6. The average Bonchev–Trinajstić information content (AvgIpc) is 3.84. The lowest BCUT2D eigenvalue weighted by Gasteiger charge is -2.28. The Morgan fingerprint density at radius 3 is 2.56 bits per heavy atom. The number of fused-ring (bicyclic) bond motifs is 2. The van der Waals surface area contributed by atoms with E-state index in [1.807, 2.05) is 31.2 Å². The first-order valence-electron chi connectivity index (χ1n) is 17.1. The zero-order chi connectivity index (χ0) is 36.5. The summed E-state index contributed by atoms with van der Waals surface area (Å²) in [6, 6.07) is 14.1. The van der Waals surface area contributed by atoms with Gasteiger partial charge in [-0.3, -0.25) is 14.5 Å². The van der Waals surface area contributed by atoms with E-state index in [0.29, 0.717) is 45.4 Å². The van der Waals surface area contributed by atoms with Gasteiger partial charge in [-0.05, 0) is 67.5 Å². The van der Waals surface area contributed by atoms with Crippen molar-refractivity contribution < 1.29 is 22.7 Å². The molecule has 10 nitrogen and oxygen atoms in total. The SMILES string of the molecule is COc1nc(-c2cccc(-c3cccc(Nc4nc(C(F)(F)F)cc5cnn(C)c(=O)c45)c3C)c2Cl)cc2c1[C@H](N1CC[C@@]3(CCC(=O)N3)C1)CC2. The molecule has 2 saturated heterocycles. The number of aromatic nitrogens is 4. The highest BCUT2D eigenvalue weighted by Crippen LogP contribution is 2.47. The molecule has 5 aromatic rings. The van der Waals surface area contributed by atoms with E-state index in [2.05, 4.69) is 31.7 Å². The van der Waals surface area contributed by atoms with E-state index < -0.39 is 17.4 Å². The minimum atomic E-state index is -4.74. The van der Waals surface area contributed by atoms with Gasteiger partial charge >= 0.3 is 6.18 Å². The van der Waals surface area contributed by atoms with Crippen molar-refractivity contribution in [2.24, 2.45) is 7.05 Å². The third kappa shape index (κ3) is 5.76. The molecule has 1 amide bonds. The van der Waals surface area contributed by atoms with Crippen LogP contribution in [0.5, 0.6) is 5.88 Å². The number of likely N-dealkylation sites (tertiary alicyclic amines) is 1. The lowest BCUT2D eigenvalue weighted by atomic mass is 9.96. The maximum Gasteiger partial charge on any atom is 0.433 e. The molecule has 5 heterocycles. The van der Waals surface area contributed by atoms with Crippen molar-refractivity contribution in [3.63, 3.8) is 0 Å². The molecule has 2 aliphatic heterocycles. The molecule has 2 aromatic carbocycles. The van der Waals surface area contributed by atoms with E-state index >= 15 is 0 Å². The van der Waals surface area contributed by atoms with Crippen LogP contribution in [0.2, 0.25) is 5.02 Å². The number of nitrogens with zero attached hydrogens (tertiary/aromatic N) is 5. The number of ether oxygens (including phenoxy) is 1. The van der Waals surface area contributed by atoms with Gasteiger partial charge in [0.25, 0.3) is 5.56 Å². The number of amides is 1. The molecule has 2 N–H and O–H groups in total. The smallest absolute Gasteiger partial charge is 0.433 e. The Labute approximate surface area is 302 Å². The Morgan fingerprint density at radius 2 is 1.81 bits per heavy atom. The van der Waals surface area contributed by atoms with Crippen LogP contribution in [0.4, 0.5) is 24.7 Å². The Hall–Kier alpha value is -5.01. The number of nitrogens with one attached hydrogen (secondary N) is 2. The van der Waals surface area contributed by atoms with E-state index in [1.54, 1.807) is 19.2 Å². The largest absolute Gasteiger partial charge is 0.481 e. The lowest BCUT2D eigenvalue weighted by molar-refractivity contribution is -0.141. The summed E-state index contributed by atoms with van der Waals surface area (Å²) in [5.41, 5.74) is 4.30. The van der Waals surface area contributed by atoms with Gasteiger partial charge in [0.05, 0.1) is 34.9 Å². The predicted molar refractivity (Wildman–Crippen MR) is 192 cm³/mol. The number of anilines is 2. The van der Waals surface area contributed by atoms with E-state index in [4.69, 9.17) is 21.3 Å². The summed E-state index contributed by atoms with van der Waals surface area (Å²) in [6.45, 7) is 3.53. The van der Waals surface area contributed by atoms with Gasteiger partial charge in [-0.15, -0.1) is 0 Å². The van der Waals surface area contributed by atoms with Crippen LogP contribution in [-0.2, 0) is 24.4 Å². The second-order valence-electron chi connectivity index (χ2n) is 13.9. The summed E-state index contributed by atoms with van der Waals surface area (Å²) in [5.74, 6) is 0.455. The van der Waals surface area contributed by atoms with E-state index in [-0.39, 0.29) is 34.1 Å². The van der Waals surface area contributed by atoms with Crippen LogP contribution >= 0.6 is 11.6 Å². The van der Waals surface area contributed by atoms with Gasteiger partial charge in [0, 0.05) is 60.4 Å². The van der Waals surface area contributed by atoms with Crippen molar-refractivity contribution in [2.45, 2.75) is 56.8 Å². The quantitative estimate of drug-likeness (QED) is 0.190. The van der Waals surface area contributed by atoms with Gasteiger partial charge in [0.2, 0.25) is 11.8 Å². The first-order chi connectivity index (χ1) is 24.9. The molecular weight excluding hydrogens is 695 g/mol. The minimum absolute atomic E-state index is 0.0104. The Kier molecular flexibility index (Phi) is 8.25. The van der Waals surface area contributed by atoms with Crippen molar-refractivity contribution >= 4 is 39.8 Å². The molecule has 3 aliphatic rings. The Morgan fingerprint density at radius 1 is 1.04 bits per heavy atom. The molecule has 1 spiro atoms. The normalized spacial score (nSPS) is 20.1. The van der Waals surface area contributed by atoms with Crippen LogP contribution in [0.15, 0.2) is 59.5 Å². The van der Waals surface area contributed by atoms with Gasteiger partial charge < -0.3 is 15.4 Å². The van der Waals surface area contributed by atoms with Crippen LogP contribution in [0.3, 0.4) is 0 Å². The first kappa shape index (κ1) is 34.1.